The minimum atomic E-state index is 0. The van der Waals surface area contributed by atoms with Crippen LogP contribution in [0.1, 0.15) is 31.7 Å². The maximum Gasteiger partial charge on any atom is 0 e. The zero-order chi connectivity index (χ0) is 8.81. The average molecular weight is 266 g/mol. The Morgan fingerprint density at radius 2 is 1.50 bits per heavy atom. The predicted molar refractivity (Wildman–Crippen MR) is 60.6 cm³/mol. The molecule has 0 nitrogen and oxygen atoms in total. The van der Waals surface area contributed by atoms with Crippen molar-refractivity contribution in [3.63, 3.8) is 0 Å². The first-order valence-electron chi connectivity index (χ1n) is 4.80. The number of hydrogen-bond acceptors (Lipinski definition) is 0. The number of hydrogen-bond donors (Lipinski definition) is 0. The van der Waals surface area contributed by atoms with Crippen molar-refractivity contribution >= 4 is 0 Å². The topological polar surface area (TPSA) is 0 Å². The molecule has 0 atom stereocenters. The molecule has 14 heavy (non-hydrogen) atoms. The third kappa shape index (κ3) is 7.70. The molecule has 0 aliphatic heterocycles. The minimum absolute atomic E-state index is 0. The molecule has 0 heterocycles. The summed E-state index contributed by atoms with van der Waals surface area (Å²) in [6.45, 7) is 4.39. The fourth-order valence-electron chi connectivity index (χ4n) is 1.15. The molecule has 0 aromatic heterocycles. The van der Waals surface area contributed by atoms with E-state index in [1.54, 1.807) is 0 Å². The van der Waals surface area contributed by atoms with Gasteiger partial charge in [0.25, 0.3) is 0 Å². The molecule has 1 aliphatic carbocycles. The van der Waals surface area contributed by atoms with Gasteiger partial charge in [0.2, 0.25) is 0 Å². The van der Waals surface area contributed by atoms with Gasteiger partial charge in [-0.1, -0.05) is 62.1 Å². The molecule has 1 radical (unpaired) electrons. The number of rotatable bonds is 0. The van der Waals surface area contributed by atoms with E-state index in [9.17, 15) is 0 Å². The summed E-state index contributed by atoms with van der Waals surface area (Å²) in [5, 5.41) is 0. The summed E-state index contributed by atoms with van der Waals surface area (Å²) in [7, 11) is 0. The van der Waals surface area contributed by atoms with Crippen LogP contribution >= 0.6 is 0 Å². The molecular weight excluding hydrogens is 245 g/mol. The maximum absolute atomic E-state index is 2.31. The van der Waals surface area contributed by atoms with Gasteiger partial charge >= 0.3 is 0 Å². The van der Waals surface area contributed by atoms with Crippen LogP contribution in [0.5, 0.6) is 0 Å². The van der Waals surface area contributed by atoms with E-state index in [0.29, 0.717) is 0 Å². The molecule has 0 saturated heterocycles. The van der Waals surface area contributed by atoms with E-state index >= 15 is 0 Å². The van der Waals surface area contributed by atoms with Crippen LogP contribution in [0.2, 0.25) is 0 Å². The number of aryl methyl sites for hydroxylation is 1. The van der Waals surface area contributed by atoms with Gasteiger partial charge in [-0.2, -0.15) is 0 Å². The Labute approximate surface area is 114 Å². The van der Waals surface area contributed by atoms with E-state index in [2.05, 4.69) is 26.0 Å². The standard InChI is InChI=1S/C7H8.C5H10.CH3.Y/c1-7-5-3-2-4-6-7;1-5-3-2-4-5;;/h2-6H,1H3;5H,2-4H2,1H3;1H3;/q;;-1;. The van der Waals surface area contributed by atoms with Crippen molar-refractivity contribution in [1.29, 1.82) is 0 Å². The van der Waals surface area contributed by atoms with Crippen LogP contribution in [-0.2, 0) is 32.7 Å². The van der Waals surface area contributed by atoms with Crippen molar-refractivity contribution in [2.45, 2.75) is 33.1 Å². The SMILES string of the molecule is CC1CCC1.Cc1ccccc1.[CH3-].[Y]. The maximum atomic E-state index is 2.31. The molecule has 2 rings (SSSR count). The third-order valence-corrected chi connectivity index (χ3v) is 2.33. The van der Waals surface area contributed by atoms with Gasteiger partial charge in [-0.15, -0.1) is 0 Å². The van der Waals surface area contributed by atoms with Gasteiger partial charge in [0.05, 0.1) is 0 Å². The van der Waals surface area contributed by atoms with E-state index in [1.165, 1.54) is 24.8 Å². The van der Waals surface area contributed by atoms with Gasteiger partial charge in [-0.25, -0.2) is 0 Å². The van der Waals surface area contributed by atoms with Crippen molar-refractivity contribution in [1.82, 2.24) is 0 Å². The molecule has 0 bridgehead atoms. The third-order valence-electron chi connectivity index (χ3n) is 2.33. The van der Waals surface area contributed by atoms with Gasteiger partial charge in [-0.3, -0.25) is 0 Å². The molecule has 1 aromatic carbocycles. The molecule has 77 valence electrons. The van der Waals surface area contributed by atoms with Gasteiger partial charge in [0.1, 0.15) is 0 Å². The second-order valence-corrected chi connectivity index (χ2v) is 3.69. The molecule has 1 aromatic rings. The van der Waals surface area contributed by atoms with Crippen LogP contribution in [0.15, 0.2) is 30.3 Å². The molecule has 1 fully saturated rings. The van der Waals surface area contributed by atoms with Gasteiger partial charge < -0.3 is 7.43 Å². The molecule has 0 spiro atoms. The fraction of sp³-hybridized carbons (Fsp3) is 0.462. The molecule has 0 amide bonds. The Morgan fingerprint density at radius 1 is 1.07 bits per heavy atom. The van der Waals surface area contributed by atoms with Gasteiger partial charge in [0.15, 0.2) is 0 Å². The van der Waals surface area contributed by atoms with E-state index < -0.39 is 0 Å². The average Bonchev–Trinajstić information content (AvgIpc) is 2.04. The summed E-state index contributed by atoms with van der Waals surface area (Å²) in [4.78, 5) is 0. The van der Waals surface area contributed by atoms with E-state index in [4.69, 9.17) is 0 Å². The largest absolute Gasteiger partial charge is 0.358 e. The first-order valence-corrected chi connectivity index (χ1v) is 4.80. The molecule has 1 heteroatoms. The summed E-state index contributed by atoms with van der Waals surface area (Å²) in [5.41, 5.74) is 1.32. The normalized spacial score (nSPS) is 13.6. The van der Waals surface area contributed by atoms with Crippen molar-refractivity contribution in [2.75, 3.05) is 0 Å². The second-order valence-electron chi connectivity index (χ2n) is 3.69. The summed E-state index contributed by atoms with van der Waals surface area (Å²) in [6.07, 6.45) is 4.46. The van der Waals surface area contributed by atoms with Crippen molar-refractivity contribution in [3.8, 4) is 0 Å². The fourth-order valence-corrected chi connectivity index (χ4v) is 1.15. The summed E-state index contributed by atoms with van der Waals surface area (Å²) in [6, 6.07) is 10.3. The first-order chi connectivity index (χ1) is 5.79. The quantitative estimate of drug-likeness (QED) is 0.616. The van der Waals surface area contributed by atoms with E-state index in [1.807, 2.05) is 18.2 Å². The smallest absolute Gasteiger partial charge is 0 e. The molecule has 0 N–H and O–H groups in total. The predicted octanol–water partition coefficient (Wildman–Crippen LogP) is 4.25. The van der Waals surface area contributed by atoms with Crippen molar-refractivity contribution in [3.05, 3.63) is 43.3 Å². The number of benzene rings is 1. The zero-order valence-corrected chi connectivity index (χ0v) is 12.5. The summed E-state index contributed by atoms with van der Waals surface area (Å²) < 4.78 is 0. The van der Waals surface area contributed by atoms with Crippen LogP contribution in [0.25, 0.3) is 0 Å². The molecular formula is C13H21Y-. The summed E-state index contributed by atoms with van der Waals surface area (Å²) >= 11 is 0. The molecule has 1 saturated carbocycles. The Bertz CT molecular complexity index is 202. The Kier molecular flexibility index (Phi) is 11.8. The minimum Gasteiger partial charge on any atom is -0.358 e. The van der Waals surface area contributed by atoms with Gasteiger partial charge in [0, 0.05) is 32.7 Å². The van der Waals surface area contributed by atoms with Crippen LogP contribution in [0, 0.1) is 20.3 Å². The van der Waals surface area contributed by atoms with Crippen molar-refractivity contribution in [2.24, 2.45) is 5.92 Å². The van der Waals surface area contributed by atoms with Crippen LogP contribution in [0.4, 0.5) is 0 Å². The first kappa shape index (κ1) is 16.7. The van der Waals surface area contributed by atoms with Crippen LogP contribution < -0.4 is 0 Å². The monoisotopic (exact) mass is 266 g/mol. The van der Waals surface area contributed by atoms with E-state index in [0.717, 1.165) is 5.92 Å². The zero-order valence-electron chi connectivity index (χ0n) is 9.66. The summed E-state index contributed by atoms with van der Waals surface area (Å²) in [5.74, 6) is 1.06. The Balaban J connectivity index is 0. The van der Waals surface area contributed by atoms with Crippen molar-refractivity contribution < 1.29 is 32.7 Å². The molecule has 1 aliphatic rings. The van der Waals surface area contributed by atoms with Crippen LogP contribution in [0.3, 0.4) is 0 Å². The Morgan fingerprint density at radius 3 is 1.64 bits per heavy atom. The van der Waals surface area contributed by atoms with Crippen LogP contribution in [-0.4, -0.2) is 0 Å². The molecule has 0 unspecified atom stereocenters. The van der Waals surface area contributed by atoms with Gasteiger partial charge in [-0.05, 0) is 12.8 Å². The Hall–Kier alpha value is 0.324. The van der Waals surface area contributed by atoms with E-state index in [-0.39, 0.29) is 40.1 Å². The second kappa shape index (κ2) is 9.86.